The lowest BCUT2D eigenvalue weighted by molar-refractivity contribution is 0.0794. The summed E-state index contributed by atoms with van der Waals surface area (Å²) < 4.78 is 2.47. The molecule has 0 fully saturated rings. The zero-order valence-electron chi connectivity index (χ0n) is 10.9. The highest BCUT2D eigenvalue weighted by Gasteiger charge is 2.17. The Kier molecular flexibility index (Phi) is 4.70. The molecular weight excluding hydrogens is 334 g/mol. The Morgan fingerprint density at radius 2 is 2.05 bits per heavy atom. The molecule has 0 aliphatic rings. The van der Waals surface area contributed by atoms with Gasteiger partial charge in [0.15, 0.2) is 0 Å². The lowest BCUT2D eigenvalue weighted by Gasteiger charge is -2.13. The molecule has 0 aliphatic heterocycles. The number of aromatic nitrogens is 2. The lowest BCUT2D eigenvalue weighted by atomic mass is 10.3. The average molecular weight is 344 g/mol. The van der Waals surface area contributed by atoms with Crippen LogP contribution in [0.3, 0.4) is 0 Å². The zero-order valence-corrected chi connectivity index (χ0v) is 12.5. The second-order valence-corrected chi connectivity index (χ2v) is 5.05. The molecule has 0 unspecified atom stereocenters. The maximum absolute atomic E-state index is 12.2. The Labute approximate surface area is 129 Å². The predicted octanol–water partition coefficient (Wildman–Crippen LogP) is 2.12. The highest BCUT2D eigenvalue weighted by atomic mass is 79.9. The monoisotopic (exact) mass is 343 g/mol. The molecule has 104 valence electrons. The first-order chi connectivity index (χ1) is 10.2. The summed E-state index contributed by atoms with van der Waals surface area (Å²) >= 11 is 3.37. The maximum Gasteiger partial charge on any atom is 0.258 e. The first kappa shape index (κ1) is 14.8. The molecule has 1 heterocycles. The Balaban J connectivity index is 2.25. The number of halogens is 1. The topological polar surface area (TPSA) is 85.7 Å². The summed E-state index contributed by atoms with van der Waals surface area (Å²) in [7, 11) is 0. The number of hydrogen-bond acceptors (Lipinski definition) is 4. The third-order valence-corrected chi connectivity index (χ3v) is 3.21. The van der Waals surface area contributed by atoms with Gasteiger partial charge in [0.1, 0.15) is 13.1 Å². The van der Waals surface area contributed by atoms with E-state index in [0.29, 0.717) is 5.56 Å². The molecule has 6 nitrogen and oxygen atoms in total. The lowest BCUT2D eigenvalue weighted by Crippen LogP contribution is -2.31. The fourth-order valence-corrected chi connectivity index (χ4v) is 2.13. The second kappa shape index (κ2) is 6.69. The zero-order chi connectivity index (χ0) is 15.2. The number of carbonyl (C=O) groups excluding carboxylic acids is 1. The van der Waals surface area contributed by atoms with Crippen LogP contribution < -0.4 is 0 Å². The van der Waals surface area contributed by atoms with Crippen molar-refractivity contribution in [2.24, 2.45) is 0 Å². The number of hydrogen-bond donors (Lipinski definition) is 0. The van der Waals surface area contributed by atoms with Crippen LogP contribution in [0.2, 0.25) is 0 Å². The molecule has 0 saturated carbocycles. The summed E-state index contributed by atoms with van der Waals surface area (Å²) in [5.41, 5.74) is 1.14. The van der Waals surface area contributed by atoms with Crippen LogP contribution in [-0.2, 0) is 0 Å². The Morgan fingerprint density at radius 3 is 2.67 bits per heavy atom. The van der Waals surface area contributed by atoms with Crippen molar-refractivity contribution in [1.29, 1.82) is 10.5 Å². The molecule has 0 atom stereocenters. The van der Waals surface area contributed by atoms with Crippen molar-refractivity contribution in [1.82, 2.24) is 14.7 Å². The molecular formula is C14H10BrN5O. The number of nitriles is 2. The van der Waals surface area contributed by atoms with E-state index in [9.17, 15) is 4.79 Å². The third-order valence-electron chi connectivity index (χ3n) is 2.71. The van der Waals surface area contributed by atoms with Crippen LogP contribution in [0.5, 0.6) is 0 Å². The molecule has 2 rings (SSSR count). The van der Waals surface area contributed by atoms with Crippen molar-refractivity contribution in [3.05, 3.63) is 46.7 Å². The van der Waals surface area contributed by atoms with Crippen LogP contribution in [0.1, 0.15) is 10.4 Å². The van der Waals surface area contributed by atoms with Crippen LogP contribution in [0.25, 0.3) is 5.69 Å². The van der Waals surface area contributed by atoms with E-state index in [-0.39, 0.29) is 19.0 Å². The molecule has 21 heavy (non-hydrogen) atoms. The molecule has 0 spiro atoms. The van der Waals surface area contributed by atoms with Crippen LogP contribution in [0.4, 0.5) is 0 Å². The Bertz CT molecular complexity index is 724. The van der Waals surface area contributed by atoms with Gasteiger partial charge in [0, 0.05) is 10.7 Å². The number of nitrogens with zero attached hydrogens (tertiary/aromatic N) is 5. The van der Waals surface area contributed by atoms with Gasteiger partial charge >= 0.3 is 0 Å². The van der Waals surface area contributed by atoms with Gasteiger partial charge in [0.2, 0.25) is 0 Å². The molecule has 2 aromatic rings. The van der Waals surface area contributed by atoms with Gasteiger partial charge in [-0.05, 0) is 18.2 Å². The summed E-state index contributed by atoms with van der Waals surface area (Å²) in [4.78, 5) is 13.4. The number of benzene rings is 1. The molecule has 0 N–H and O–H groups in total. The van der Waals surface area contributed by atoms with E-state index >= 15 is 0 Å². The van der Waals surface area contributed by atoms with E-state index in [2.05, 4.69) is 21.0 Å². The SMILES string of the molecule is N#CCN(CC#N)C(=O)c1cnn(-c2cccc(Br)c2)c1. The molecule has 0 aliphatic carbocycles. The van der Waals surface area contributed by atoms with E-state index in [4.69, 9.17) is 10.5 Å². The van der Waals surface area contributed by atoms with Crippen molar-refractivity contribution in [3.8, 4) is 17.8 Å². The number of amides is 1. The maximum atomic E-state index is 12.2. The standard InChI is InChI=1S/C14H10BrN5O/c15-12-2-1-3-13(8-12)20-10-11(9-18-20)14(21)19(6-4-16)7-5-17/h1-3,8-10H,6-7H2. The fraction of sp³-hybridized carbons (Fsp3) is 0.143. The fourth-order valence-electron chi connectivity index (χ4n) is 1.75. The molecule has 0 radical (unpaired) electrons. The van der Waals surface area contributed by atoms with Gasteiger partial charge < -0.3 is 4.90 Å². The minimum atomic E-state index is -0.389. The second-order valence-electron chi connectivity index (χ2n) is 4.13. The van der Waals surface area contributed by atoms with E-state index in [1.807, 2.05) is 36.4 Å². The minimum absolute atomic E-state index is 0.130. The van der Waals surface area contributed by atoms with E-state index < -0.39 is 0 Å². The van der Waals surface area contributed by atoms with Crippen molar-refractivity contribution in [3.63, 3.8) is 0 Å². The normalized spacial score (nSPS) is 9.67. The smallest absolute Gasteiger partial charge is 0.258 e. The van der Waals surface area contributed by atoms with Crippen molar-refractivity contribution < 1.29 is 4.79 Å². The first-order valence-electron chi connectivity index (χ1n) is 5.99. The first-order valence-corrected chi connectivity index (χ1v) is 6.79. The summed E-state index contributed by atoms with van der Waals surface area (Å²) in [6.07, 6.45) is 3.00. The average Bonchev–Trinajstić information content (AvgIpc) is 2.96. The molecule has 7 heteroatoms. The van der Waals surface area contributed by atoms with Crippen LogP contribution in [0, 0.1) is 22.7 Å². The van der Waals surface area contributed by atoms with Crippen molar-refractivity contribution >= 4 is 21.8 Å². The summed E-state index contributed by atoms with van der Waals surface area (Å²) in [6, 6.07) is 11.2. The van der Waals surface area contributed by atoms with E-state index in [1.54, 1.807) is 10.9 Å². The molecule has 0 saturated heterocycles. The van der Waals surface area contributed by atoms with Gasteiger partial charge in [-0.25, -0.2) is 4.68 Å². The highest BCUT2D eigenvalue weighted by molar-refractivity contribution is 9.10. The van der Waals surface area contributed by atoms with E-state index in [1.165, 1.54) is 11.1 Å². The summed E-state index contributed by atoms with van der Waals surface area (Å²) in [5, 5.41) is 21.5. The van der Waals surface area contributed by atoms with Gasteiger partial charge in [-0.2, -0.15) is 15.6 Å². The number of rotatable bonds is 4. The molecule has 1 amide bonds. The van der Waals surface area contributed by atoms with Gasteiger partial charge in [0.25, 0.3) is 5.91 Å². The van der Waals surface area contributed by atoms with Crippen LogP contribution >= 0.6 is 15.9 Å². The van der Waals surface area contributed by atoms with Crippen LogP contribution in [0.15, 0.2) is 41.1 Å². The highest BCUT2D eigenvalue weighted by Crippen LogP contribution is 2.15. The number of carbonyl (C=O) groups is 1. The van der Waals surface area contributed by atoms with Crippen molar-refractivity contribution in [2.45, 2.75) is 0 Å². The van der Waals surface area contributed by atoms with Crippen LogP contribution in [-0.4, -0.2) is 33.7 Å². The van der Waals surface area contributed by atoms with Gasteiger partial charge in [0.05, 0.1) is 29.6 Å². The van der Waals surface area contributed by atoms with E-state index in [0.717, 1.165) is 10.2 Å². The van der Waals surface area contributed by atoms with Gasteiger partial charge in [-0.15, -0.1) is 0 Å². The van der Waals surface area contributed by atoms with Crippen molar-refractivity contribution in [2.75, 3.05) is 13.1 Å². The molecule has 0 bridgehead atoms. The minimum Gasteiger partial charge on any atom is -0.312 e. The predicted molar refractivity (Wildman–Crippen MR) is 78.4 cm³/mol. The summed E-state index contributed by atoms with van der Waals surface area (Å²) in [5.74, 6) is -0.389. The largest absolute Gasteiger partial charge is 0.312 e. The Morgan fingerprint density at radius 1 is 1.33 bits per heavy atom. The Hall–Kier alpha value is -2.64. The van der Waals surface area contributed by atoms with Gasteiger partial charge in [-0.1, -0.05) is 22.0 Å². The third kappa shape index (κ3) is 3.47. The quantitative estimate of drug-likeness (QED) is 0.795. The molecule has 1 aromatic carbocycles. The molecule has 1 aromatic heterocycles. The summed E-state index contributed by atoms with van der Waals surface area (Å²) in [6.45, 7) is -0.261. The van der Waals surface area contributed by atoms with Gasteiger partial charge in [-0.3, -0.25) is 4.79 Å².